The van der Waals surface area contributed by atoms with Crippen molar-refractivity contribution in [1.82, 2.24) is 30.1 Å². The van der Waals surface area contributed by atoms with Crippen molar-refractivity contribution in [3.8, 4) is 22.3 Å². The van der Waals surface area contributed by atoms with E-state index in [1.807, 2.05) is 88.5 Å². The van der Waals surface area contributed by atoms with Crippen LogP contribution in [0.2, 0.25) is 0 Å². The van der Waals surface area contributed by atoms with Crippen LogP contribution in [0.15, 0.2) is 79.0 Å². The summed E-state index contributed by atoms with van der Waals surface area (Å²) < 4.78 is 7.37. The van der Waals surface area contributed by atoms with E-state index in [1.54, 1.807) is 9.42 Å². The zero-order valence-electron chi connectivity index (χ0n) is 30.9. The first kappa shape index (κ1) is 37.2. The number of nitrogens with one attached hydrogen (secondary N) is 3. The van der Waals surface area contributed by atoms with Crippen LogP contribution in [0.25, 0.3) is 27.9 Å². The van der Waals surface area contributed by atoms with E-state index in [0.29, 0.717) is 49.5 Å². The van der Waals surface area contributed by atoms with E-state index in [1.165, 1.54) is 0 Å². The minimum absolute atomic E-state index is 0.0197. The van der Waals surface area contributed by atoms with Crippen LogP contribution >= 0.6 is 0 Å². The van der Waals surface area contributed by atoms with Crippen molar-refractivity contribution < 1.29 is 24.2 Å². The third-order valence-electron chi connectivity index (χ3n) is 9.24. The number of carbonyl (C=O) groups excluding carboxylic acids is 3. The highest BCUT2D eigenvalue weighted by Gasteiger charge is 2.29. The summed E-state index contributed by atoms with van der Waals surface area (Å²) in [6, 6.07) is 23.4. The smallest absolute Gasteiger partial charge is 0.410 e. The van der Waals surface area contributed by atoms with Gasteiger partial charge in [0.25, 0.3) is 5.91 Å². The first-order valence-electron chi connectivity index (χ1n) is 17.9. The number of amides is 3. The van der Waals surface area contributed by atoms with Crippen LogP contribution in [0.3, 0.4) is 0 Å². The SMILES string of the molecule is Cc1c(NC(=O)c2ccc(CNCCO)cc2)cccc1-c1cccc(-c2ccn3nc(CN(C[C@@H]4CCC(=O)N4)C(=O)OC(C)(C)C)nc3c2)c1C. The first-order chi connectivity index (χ1) is 25.4. The number of hydrogen-bond donors (Lipinski definition) is 4. The minimum atomic E-state index is -0.678. The zero-order valence-corrected chi connectivity index (χ0v) is 30.9. The van der Waals surface area contributed by atoms with Gasteiger partial charge in [-0.1, -0.05) is 42.5 Å². The van der Waals surface area contributed by atoms with Crippen molar-refractivity contribution in [2.45, 2.75) is 72.2 Å². The molecule has 3 amide bonds. The number of rotatable bonds is 12. The Kier molecular flexibility index (Phi) is 11.2. The normalized spacial score (nSPS) is 14.3. The van der Waals surface area contributed by atoms with E-state index in [0.717, 1.165) is 44.6 Å². The van der Waals surface area contributed by atoms with E-state index < -0.39 is 11.7 Å². The molecule has 3 heterocycles. The molecule has 276 valence electrons. The number of benzene rings is 3. The van der Waals surface area contributed by atoms with Gasteiger partial charge in [-0.3, -0.25) is 14.5 Å². The maximum Gasteiger partial charge on any atom is 0.410 e. The maximum absolute atomic E-state index is 13.2. The van der Waals surface area contributed by atoms with Crippen molar-refractivity contribution in [2.24, 2.45) is 0 Å². The Labute approximate surface area is 309 Å². The Morgan fingerprint density at radius 2 is 1.72 bits per heavy atom. The number of anilines is 1. The van der Waals surface area contributed by atoms with Crippen molar-refractivity contribution in [1.29, 1.82) is 0 Å². The molecule has 3 aromatic carbocycles. The molecule has 12 nitrogen and oxygen atoms in total. The number of carbonyl (C=O) groups is 3. The lowest BCUT2D eigenvalue weighted by Crippen LogP contribution is -2.44. The van der Waals surface area contributed by atoms with Gasteiger partial charge in [-0.05, 0) is 110 Å². The van der Waals surface area contributed by atoms with Crippen molar-refractivity contribution >= 4 is 29.2 Å². The highest BCUT2D eigenvalue weighted by atomic mass is 16.6. The Morgan fingerprint density at radius 1 is 1.00 bits per heavy atom. The molecule has 53 heavy (non-hydrogen) atoms. The molecule has 12 heteroatoms. The molecular formula is C41H47N7O5. The number of aliphatic hydroxyl groups is 1. The van der Waals surface area contributed by atoms with Gasteiger partial charge in [0.05, 0.1) is 13.2 Å². The van der Waals surface area contributed by atoms with Gasteiger partial charge in [-0.2, -0.15) is 0 Å². The predicted octanol–water partition coefficient (Wildman–Crippen LogP) is 6.03. The number of aromatic nitrogens is 3. The fraction of sp³-hybridized carbons (Fsp3) is 0.341. The molecule has 5 aromatic rings. The van der Waals surface area contributed by atoms with Crippen molar-refractivity contribution in [3.63, 3.8) is 0 Å². The van der Waals surface area contributed by atoms with E-state index in [9.17, 15) is 14.4 Å². The maximum atomic E-state index is 13.2. The molecule has 0 aliphatic carbocycles. The quantitative estimate of drug-likeness (QED) is 0.114. The van der Waals surface area contributed by atoms with Gasteiger partial charge in [-0.25, -0.2) is 14.3 Å². The molecule has 0 saturated carbocycles. The largest absolute Gasteiger partial charge is 0.444 e. The summed E-state index contributed by atoms with van der Waals surface area (Å²) in [6.45, 7) is 11.2. The number of nitrogens with zero attached hydrogens (tertiary/aromatic N) is 4. The lowest BCUT2D eigenvalue weighted by Gasteiger charge is -2.28. The molecule has 6 rings (SSSR count). The van der Waals surface area contributed by atoms with Crippen LogP contribution < -0.4 is 16.0 Å². The predicted molar refractivity (Wildman–Crippen MR) is 204 cm³/mol. The Bertz CT molecular complexity index is 2120. The molecule has 0 spiro atoms. The van der Waals surface area contributed by atoms with Gasteiger partial charge in [-0.15, -0.1) is 5.10 Å². The minimum Gasteiger partial charge on any atom is -0.444 e. The molecule has 4 N–H and O–H groups in total. The number of fused-ring (bicyclic) bond motifs is 1. The fourth-order valence-corrected chi connectivity index (χ4v) is 6.53. The van der Waals surface area contributed by atoms with Gasteiger partial charge >= 0.3 is 6.09 Å². The monoisotopic (exact) mass is 717 g/mol. The first-order valence-corrected chi connectivity index (χ1v) is 17.9. The summed E-state index contributed by atoms with van der Waals surface area (Å²) >= 11 is 0. The van der Waals surface area contributed by atoms with Gasteiger partial charge in [0.15, 0.2) is 11.5 Å². The highest BCUT2D eigenvalue weighted by molar-refractivity contribution is 6.05. The second-order valence-corrected chi connectivity index (χ2v) is 14.4. The van der Waals surface area contributed by atoms with Gasteiger partial charge in [0, 0.05) is 49.5 Å². The molecule has 0 bridgehead atoms. The molecule has 0 unspecified atom stereocenters. The molecule has 1 aliphatic rings. The fourth-order valence-electron chi connectivity index (χ4n) is 6.53. The van der Waals surface area contributed by atoms with E-state index >= 15 is 0 Å². The van der Waals surface area contributed by atoms with E-state index in [2.05, 4.69) is 46.2 Å². The van der Waals surface area contributed by atoms with E-state index in [-0.39, 0.29) is 31.0 Å². The van der Waals surface area contributed by atoms with Gasteiger partial charge in [0.2, 0.25) is 5.91 Å². The second kappa shape index (κ2) is 16.0. The van der Waals surface area contributed by atoms with Crippen LogP contribution in [0.1, 0.15) is 66.5 Å². The summed E-state index contributed by atoms with van der Waals surface area (Å²) in [5.41, 5.74) is 8.37. The molecule has 1 fully saturated rings. The Morgan fingerprint density at radius 3 is 2.42 bits per heavy atom. The lowest BCUT2D eigenvalue weighted by atomic mass is 9.90. The topological polar surface area (TPSA) is 150 Å². The third kappa shape index (κ3) is 9.08. The highest BCUT2D eigenvalue weighted by Crippen LogP contribution is 2.36. The summed E-state index contributed by atoms with van der Waals surface area (Å²) in [5, 5.41) is 22.8. The second-order valence-electron chi connectivity index (χ2n) is 14.4. The zero-order chi connectivity index (χ0) is 37.7. The molecular weight excluding hydrogens is 670 g/mol. The summed E-state index contributed by atoms with van der Waals surface area (Å²) in [5.74, 6) is 0.253. The average molecular weight is 718 g/mol. The molecule has 1 saturated heterocycles. The van der Waals surface area contributed by atoms with Crippen LogP contribution in [0, 0.1) is 13.8 Å². The number of hydrogen-bond acceptors (Lipinski definition) is 8. The molecule has 1 atom stereocenters. The Hall–Kier alpha value is -5.59. The lowest BCUT2D eigenvalue weighted by molar-refractivity contribution is -0.119. The Balaban J connectivity index is 1.21. The van der Waals surface area contributed by atoms with Crippen LogP contribution in [0.5, 0.6) is 0 Å². The average Bonchev–Trinajstić information content (AvgIpc) is 3.73. The van der Waals surface area contributed by atoms with Crippen LogP contribution in [0.4, 0.5) is 10.5 Å². The molecule has 1 aliphatic heterocycles. The van der Waals surface area contributed by atoms with E-state index in [4.69, 9.17) is 14.8 Å². The summed E-state index contributed by atoms with van der Waals surface area (Å²) in [4.78, 5) is 44.6. The number of aliphatic hydroxyl groups excluding tert-OH is 1. The van der Waals surface area contributed by atoms with Gasteiger partial charge in [0.1, 0.15) is 5.60 Å². The number of ether oxygens (including phenoxy) is 1. The van der Waals surface area contributed by atoms with Crippen molar-refractivity contribution in [2.75, 3.05) is 25.0 Å². The summed E-state index contributed by atoms with van der Waals surface area (Å²) in [6.07, 6.45) is 2.47. The molecule has 0 radical (unpaired) electrons. The van der Waals surface area contributed by atoms with Crippen molar-refractivity contribution in [3.05, 3.63) is 107 Å². The summed E-state index contributed by atoms with van der Waals surface area (Å²) in [7, 11) is 0. The molecule has 2 aromatic heterocycles. The van der Waals surface area contributed by atoms with Crippen LogP contribution in [-0.4, -0.2) is 73.9 Å². The third-order valence-corrected chi connectivity index (χ3v) is 9.24. The van der Waals surface area contributed by atoms with Gasteiger partial charge < -0.3 is 25.8 Å². The number of pyridine rings is 1. The standard InChI is InChI=1S/C41H47N7O5/c1-26-32(8-6-9-33(26)34-10-7-11-35(27(34)2)44-39(51)29-14-12-28(13-15-29)23-42-19-21-49)30-18-20-48-37(22-30)45-36(46-48)25-47(40(52)53-41(3,4)5)24-31-16-17-38(50)43-31/h6-15,18,20,22,31,42,49H,16-17,19,21,23-25H2,1-5H3,(H,43,50)(H,44,51)/t31-/m0/s1. The van der Waals surface area contributed by atoms with Crippen LogP contribution in [-0.2, 0) is 22.6 Å².